The largest absolute Gasteiger partial charge is 0.657 e. The molecule has 3 aromatic carbocycles. The molecule has 0 fully saturated rings. The molecule has 6 rings (SSSR count). The van der Waals surface area contributed by atoms with Gasteiger partial charge in [-0.25, -0.2) is 4.99 Å². The lowest BCUT2D eigenvalue weighted by Crippen LogP contribution is -2.07. The molecule has 0 saturated carbocycles. The average molecular weight is 535 g/mol. The van der Waals surface area contributed by atoms with Gasteiger partial charge in [0.1, 0.15) is 0 Å². The number of hydrogen-bond donors (Lipinski definition) is 0. The summed E-state index contributed by atoms with van der Waals surface area (Å²) in [5, 5.41) is 0. The third-order valence-corrected chi connectivity index (χ3v) is 7.95. The molecule has 3 heteroatoms. The maximum absolute atomic E-state index is 5.25. The average Bonchev–Trinajstić information content (AvgIpc) is 3.44. The number of nitrogens with zero attached hydrogens (tertiary/aromatic N) is 2. The van der Waals surface area contributed by atoms with Crippen LogP contribution in [0.4, 0.5) is 0 Å². The van der Waals surface area contributed by atoms with Crippen molar-refractivity contribution in [1.82, 2.24) is 4.98 Å². The van der Waals surface area contributed by atoms with Gasteiger partial charge < -0.3 is 4.98 Å². The zero-order chi connectivity index (χ0) is 25.0. The van der Waals surface area contributed by atoms with E-state index in [1.54, 1.807) is 0 Å². The third kappa shape index (κ3) is 4.00. The first-order valence-electron chi connectivity index (χ1n) is 12.9. The minimum atomic E-state index is 0.411. The molecule has 1 aromatic heterocycles. The van der Waals surface area contributed by atoms with E-state index in [2.05, 4.69) is 116 Å². The predicted octanol–water partition coefficient (Wildman–Crippen LogP) is 8.77. The predicted molar refractivity (Wildman–Crippen MR) is 155 cm³/mol. The van der Waals surface area contributed by atoms with Crippen molar-refractivity contribution in [1.29, 1.82) is 0 Å². The number of aryl methyl sites for hydroxylation is 2. The van der Waals surface area contributed by atoms with Crippen LogP contribution in [0.25, 0.3) is 23.0 Å². The van der Waals surface area contributed by atoms with Gasteiger partial charge in [0.15, 0.2) is 0 Å². The maximum atomic E-state index is 5.25. The van der Waals surface area contributed by atoms with Crippen LogP contribution in [0.1, 0.15) is 84.2 Å². The Labute approximate surface area is 222 Å². The standard InChI is InChI=1S/C33H30BrN2/c1-19(2)22-11-13-28(29(16-22)20(3)4)33-30-17-24(34)12-14-27(30)31(36-33)18-25-15-23-10-9-21-7-5-6-8-26(21)32(23)35-25/h5-8,11-20H,9-10H2,1-4H3/q-1/b31-18-. The molecule has 180 valence electrons. The van der Waals surface area contributed by atoms with Crippen molar-refractivity contribution < 1.29 is 0 Å². The van der Waals surface area contributed by atoms with Gasteiger partial charge in [0, 0.05) is 21.2 Å². The lowest BCUT2D eigenvalue weighted by molar-refractivity contribution is 0.832. The van der Waals surface area contributed by atoms with Crippen molar-refractivity contribution in [2.24, 2.45) is 4.99 Å². The van der Waals surface area contributed by atoms with E-state index < -0.39 is 0 Å². The molecule has 0 spiro atoms. The molecule has 0 unspecified atom stereocenters. The first-order chi connectivity index (χ1) is 17.4. The quantitative estimate of drug-likeness (QED) is 0.257. The van der Waals surface area contributed by atoms with Crippen LogP contribution in [-0.2, 0) is 12.8 Å². The Morgan fingerprint density at radius 3 is 2.36 bits per heavy atom. The Hall–Kier alpha value is -3.17. The smallest absolute Gasteiger partial charge is 0.0791 e. The van der Waals surface area contributed by atoms with Gasteiger partial charge >= 0.3 is 0 Å². The lowest BCUT2D eigenvalue weighted by Gasteiger charge is -2.21. The minimum Gasteiger partial charge on any atom is -0.657 e. The van der Waals surface area contributed by atoms with Crippen molar-refractivity contribution in [3.8, 4) is 11.3 Å². The van der Waals surface area contributed by atoms with Crippen molar-refractivity contribution in [2.75, 3.05) is 0 Å². The van der Waals surface area contributed by atoms with Gasteiger partial charge in [-0.2, -0.15) is 0 Å². The summed E-state index contributed by atoms with van der Waals surface area (Å²) < 4.78 is 1.07. The van der Waals surface area contributed by atoms with Gasteiger partial charge in [-0.1, -0.05) is 110 Å². The van der Waals surface area contributed by atoms with Crippen molar-refractivity contribution in [3.63, 3.8) is 0 Å². The molecule has 4 aromatic rings. The first kappa shape index (κ1) is 23.2. The summed E-state index contributed by atoms with van der Waals surface area (Å²) in [5.41, 5.74) is 14.5. The first-order valence-corrected chi connectivity index (χ1v) is 13.7. The number of fused-ring (bicyclic) bond motifs is 4. The lowest BCUT2D eigenvalue weighted by atomic mass is 9.87. The Morgan fingerprint density at radius 2 is 1.56 bits per heavy atom. The molecule has 1 aliphatic heterocycles. The summed E-state index contributed by atoms with van der Waals surface area (Å²) in [6.07, 6.45) is 4.28. The van der Waals surface area contributed by atoms with E-state index in [-0.39, 0.29) is 0 Å². The highest BCUT2D eigenvalue weighted by molar-refractivity contribution is 9.10. The number of halogens is 1. The molecule has 0 amide bonds. The van der Waals surface area contributed by atoms with Crippen LogP contribution in [0.3, 0.4) is 0 Å². The summed E-state index contributed by atoms with van der Waals surface area (Å²) in [6.45, 7) is 9.05. The van der Waals surface area contributed by atoms with Crippen LogP contribution >= 0.6 is 15.9 Å². The SMILES string of the molecule is CC(C)c1ccc(C2=N/C(=C\c3cc4c([n-]3)-c3ccccc3CC4)c3ccc(Br)cc32)c(C(C)C)c1. The zero-order valence-corrected chi connectivity index (χ0v) is 22.9. The summed E-state index contributed by atoms with van der Waals surface area (Å²) >= 11 is 3.70. The van der Waals surface area contributed by atoms with E-state index in [1.807, 2.05) is 0 Å². The fraction of sp³-hybridized carbons (Fsp3) is 0.242. The van der Waals surface area contributed by atoms with Crippen LogP contribution in [0, 0.1) is 0 Å². The highest BCUT2D eigenvalue weighted by Crippen LogP contribution is 2.38. The molecule has 0 N–H and O–H groups in total. The van der Waals surface area contributed by atoms with E-state index in [4.69, 9.17) is 9.98 Å². The Bertz CT molecular complexity index is 1550. The van der Waals surface area contributed by atoms with Crippen molar-refractivity contribution >= 4 is 33.4 Å². The van der Waals surface area contributed by atoms with Crippen LogP contribution in [-0.4, -0.2) is 5.71 Å². The number of benzene rings is 3. The molecule has 2 nitrogen and oxygen atoms in total. The van der Waals surface area contributed by atoms with E-state index in [1.165, 1.54) is 38.9 Å². The number of rotatable bonds is 4. The molecule has 0 atom stereocenters. The van der Waals surface area contributed by atoms with Crippen molar-refractivity contribution in [2.45, 2.75) is 52.4 Å². The molecule has 2 aliphatic rings. The normalized spacial score (nSPS) is 15.3. The fourth-order valence-corrected chi connectivity index (χ4v) is 5.84. The molecule has 1 aliphatic carbocycles. The molecule has 0 saturated heterocycles. The van der Waals surface area contributed by atoms with Crippen LogP contribution < -0.4 is 4.98 Å². The van der Waals surface area contributed by atoms with Gasteiger partial charge in [-0.15, -0.1) is 11.4 Å². The van der Waals surface area contributed by atoms with Crippen molar-refractivity contribution in [3.05, 3.63) is 116 Å². The molecule has 0 radical (unpaired) electrons. The fourth-order valence-electron chi connectivity index (χ4n) is 5.48. The monoisotopic (exact) mass is 533 g/mol. The summed E-state index contributed by atoms with van der Waals surface area (Å²) in [4.78, 5) is 10.3. The summed E-state index contributed by atoms with van der Waals surface area (Å²) in [7, 11) is 0. The second kappa shape index (κ2) is 9.05. The van der Waals surface area contributed by atoms with E-state index in [9.17, 15) is 0 Å². The van der Waals surface area contributed by atoms with Crippen LogP contribution in [0.2, 0.25) is 0 Å². The van der Waals surface area contributed by atoms with Gasteiger partial charge in [0.05, 0.1) is 11.4 Å². The Balaban J connectivity index is 1.48. The van der Waals surface area contributed by atoms with E-state index >= 15 is 0 Å². The molecular weight excluding hydrogens is 504 g/mol. The Kier molecular flexibility index (Phi) is 5.84. The van der Waals surface area contributed by atoms with Crippen LogP contribution in [0.5, 0.6) is 0 Å². The van der Waals surface area contributed by atoms with Gasteiger partial charge in [0.2, 0.25) is 0 Å². The summed E-state index contributed by atoms with van der Waals surface area (Å²) in [6, 6.07) is 24.3. The molecule has 0 bridgehead atoms. The van der Waals surface area contributed by atoms with E-state index in [0.717, 1.165) is 45.7 Å². The zero-order valence-electron chi connectivity index (χ0n) is 21.3. The van der Waals surface area contributed by atoms with E-state index in [0.29, 0.717) is 11.8 Å². The minimum absolute atomic E-state index is 0.411. The Morgan fingerprint density at radius 1 is 0.778 bits per heavy atom. The molecule has 2 heterocycles. The molecular formula is C33H30BrN2-. The topological polar surface area (TPSA) is 26.5 Å². The molecule has 36 heavy (non-hydrogen) atoms. The number of aliphatic imine (C=N–C) groups is 1. The highest BCUT2D eigenvalue weighted by atomic mass is 79.9. The third-order valence-electron chi connectivity index (χ3n) is 7.45. The number of hydrogen-bond acceptors (Lipinski definition) is 1. The second-order valence-electron chi connectivity index (χ2n) is 10.5. The highest BCUT2D eigenvalue weighted by Gasteiger charge is 2.25. The van der Waals surface area contributed by atoms with Gasteiger partial charge in [-0.3, -0.25) is 0 Å². The van der Waals surface area contributed by atoms with Crippen LogP contribution in [0.15, 0.2) is 76.2 Å². The second-order valence-corrected chi connectivity index (χ2v) is 11.5. The van der Waals surface area contributed by atoms with Gasteiger partial charge in [0.25, 0.3) is 0 Å². The van der Waals surface area contributed by atoms with Gasteiger partial charge in [-0.05, 0) is 59.1 Å². The number of aromatic nitrogens is 1. The summed E-state index contributed by atoms with van der Waals surface area (Å²) in [5.74, 6) is 0.909. The maximum Gasteiger partial charge on any atom is 0.0791 e.